The number of hydrogen-bond acceptors (Lipinski definition) is 8. The Balaban J connectivity index is 0.000000213. The van der Waals surface area contributed by atoms with Crippen molar-refractivity contribution in [1.29, 1.82) is 0 Å². The van der Waals surface area contributed by atoms with Crippen molar-refractivity contribution in [2.45, 2.75) is 38.8 Å². The first kappa shape index (κ1) is 25.2. The first-order valence-electron chi connectivity index (χ1n) is 9.44. The van der Waals surface area contributed by atoms with Crippen molar-refractivity contribution in [3.05, 3.63) is 56.9 Å². The van der Waals surface area contributed by atoms with Gasteiger partial charge in [0, 0.05) is 9.75 Å². The van der Waals surface area contributed by atoms with Crippen molar-refractivity contribution in [2.75, 3.05) is 13.2 Å². The molecule has 0 spiro atoms. The van der Waals surface area contributed by atoms with Gasteiger partial charge in [-0.2, -0.15) is 0 Å². The molecule has 0 aliphatic carbocycles. The SMILES string of the molecule is CC1(C)COC(/C=C(\[O-])c2cccs2)=N1.CC1(C)COC(/C=C(\[O-])c2cccs2)=N1.[Ni+2]. The summed E-state index contributed by atoms with van der Waals surface area (Å²) < 4.78 is 10.6. The molecule has 2 aliphatic rings. The summed E-state index contributed by atoms with van der Waals surface area (Å²) >= 11 is 2.85. The fourth-order valence-corrected chi connectivity index (χ4v) is 3.85. The van der Waals surface area contributed by atoms with Gasteiger partial charge in [-0.25, -0.2) is 9.98 Å². The molecule has 2 aromatic rings. The third kappa shape index (κ3) is 7.52. The molecule has 9 heteroatoms. The molecule has 6 nitrogen and oxygen atoms in total. The topological polar surface area (TPSA) is 89.3 Å². The van der Waals surface area contributed by atoms with Gasteiger partial charge in [-0.15, -0.1) is 22.7 Å². The van der Waals surface area contributed by atoms with Crippen LogP contribution in [-0.4, -0.2) is 36.1 Å². The number of hydrogen-bond donors (Lipinski definition) is 0. The average Bonchev–Trinajstić information content (AvgIpc) is 3.44. The minimum atomic E-state index is -0.207. The zero-order chi connectivity index (χ0) is 21.8. The van der Waals surface area contributed by atoms with Crippen molar-refractivity contribution in [3.8, 4) is 0 Å². The Morgan fingerprint density at radius 2 is 1.23 bits per heavy atom. The second-order valence-corrected chi connectivity index (χ2v) is 9.97. The minimum absolute atomic E-state index is 0. The summed E-state index contributed by atoms with van der Waals surface area (Å²) in [7, 11) is 0. The van der Waals surface area contributed by atoms with Gasteiger partial charge < -0.3 is 19.7 Å². The van der Waals surface area contributed by atoms with Crippen LogP contribution in [0, 0.1) is 0 Å². The van der Waals surface area contributed by atoms with Gasteiger partial charge in [-0.3, -0.25) is 0 Å². The summed E-state index contributed by atoms with van der Waals surface area (Å²) in [4.78, 5) is 10.0. The van der Waals surface area contributed by atoms with E-state index < -0.39 is 0 Å². The predicted molar refractivity (Wildman–Crippen MR) is 120 cm³/mol. The van der Waals surface area contributed by atoms with E-state index in [1.54, 1.807) is 12.1 Å². The van der Waals surface area contributed by atoms with Crippen molar-refractivity contribution in [2.24, 2.45) is 9.98 Å². The van der Waals surface area contributed by atoms with E-state index in [4.69, 9.17) is 9.47 Å². The minimum Gasteiger partial charge on any atom is -0.871 e. The Labute approximate surface area is 200 Å². The Hall–Kier alpha value is -2.09. The number of aliphatic imine (C=N–C) groups is 2. The molecule has 0 fully saturated rings. The summed E-state index contributed by atoms with van der Waals surface area (Å²) in [6.45, 7) is 8.98. The fraction of sp³-hybridized carbons (Fsp3) is 0.364. The average molecular weight is 503 g/mol. The Morgan fingerprint density at radius 1 is 0.839 bits per heavy atom. The summed E-state index contributed by atoms with van der Waals surface area (Å²) in [5, 5.41) is 27.1. The molecule has 4 rings (SSSR count). The molecular formula is C22H24N2NiO4S2. The van der Waals surface area contributed by atoms with Gasteiger partial charge in [0.05, 0.1) is 11.1 Å². The second kappa shape index (κ2) is 10.5. The quantitative estimate of drug-likeness (QED) is 0.473. The molecule has 0 unspecified atom stereocenters. The first-order valence-corrected chi connectivity index (χ1v) is 11.2. The molecule has 0 aromatic carbocycles. The van der Waals surface area contributed by atoms with E-state index >= 15 is 0 Å². The number of rotatable bonds is 4. The van der Waals surface area contributed by atoms with E-state index in [1.165, 1.54) is 34.8 Å². The molecule has 2 aromatic heterocycles. The number of nitrogens with zero attached hydrogens (tertiary/aromatic N) is 2. The Bertz CT molecular complexity index is 895. The van der Waals surface area contributed by atoms with E-state index in [9.17, 15) is 10.2 Å². The molecule has 0 atom stereocenters. The standard InChI is InChI=1S/2C11H13NO2S.Ni/c2*1-11(2)7-14-10(12-11)6-8(13)9-4-3-5-15-9;/h2*3-6,13H,7H2,1-2H3;/q;;+2/p-2/b2*8-6-;. The van der Waals surface area contributed by atoms with Crippen molar-refractivity contribution < 1.29 is 36.2 Å². The van der Waals surface area contributed by atoms with Crippen molar-refractivity contribution in [1.82, 2.24) is 0 Å². The maximum absolute atomic E-state index is 11.7. The van der Waals surface area contributed by atoms with Gasteiger partial charge in [0.15, 0.2) is 0 Å². The molecule has 4 heterocycles. The molecular weight excluding hydrogens is 479 g/mol. The van der Waals surface area contributed by atoms with Crippen LogP contribution in [0.5, 0.6) is 0 Å². The maximum Gasteiger partial charge on any atom is 2.00 e. The molecule has 0 radical (unpaired) electrons. The van der Waals surface area contributed by atoms with Crippen LogP contribution in [0.4, 0.5) is 0 Å². The number of ether oxygens (including phenoxy) is 2. The summed E-state index contributed by atoms with van der Waals surface area (Å²) in [5.41, 5.74) is -0.414. The van der Waals surface area contributed by atoms with E-state index in [1.807, 2.05) is 50.6 Å². The van der Waals surface area contributed by atoms with E-state index in [-0.39, 0.29) is 39.1 Å². The molecule has 168 valence electrons. The molecule has 0 saturated heterocycles. The van der Waals surface area contributed by atoms with E-state index in [0.29, 0.717) is 34.8 Å². The zero-order valence-corrected chi connectivity index (χ0v) is 20.3. The van der Waals surface area contributed by atoms with Crippen LogP contribution in [0.3, 0.4) is 0 Å². The Morgan fingerprint density at radius 3 is 1.48 bits per heavy atom. The summed E-state index contributed by atoms with van der Waals surface area (Å²) in [6, 6.07) is 7.30. The third-order valence-electron chi connectivity index (χ3n) is 4.01. The molecule has 0 bridgehead atoms. The van der Waals surface area contributed by atoms with Crippen LogP contribution in [0.25, 0.3) is 11.5 Å². The van der Waals surface area contributed by atoms with Crippen LogP contribution in [0.15, 0.2) is 57.2 Å². The van der Waals surface area contributed by atoms with Crippen molar-refractivity contribution >= 4 is 46.0 Å². The fourth-order valence-electron chi connectivity index (χ4n) is 2.58. The largest absolute Gasteiger partial charge is 2.00 e. The Kier molecular flexibility index (Phi) is 8.52. The van der Waals surface area contributed by atoms with Gasteiger partial charge in [-0.05, 0) is 62.7 Å². The second-order valence-electron chi connectivity index (χ2n) is 8.07. The summed E-state index contributed by atoms with van der Waals surface area (Å²) in [6.07, 6.45) is 2.92. The maximum atomic E-state index is 11.7. The van der Waals surface area contributed by atoms with Crippen LogP contribution in [0.2, 0.25) is 0 Å². The van der Waals surface area contributed by atoms with Gasteiger partial charge in [0.1, 0.15) is 13.2 Å². The van der Waals surface area contributed by atoms with Crippen molar-refractivity contribution in [3.63, 3.8) is 0 Å². The summed E-state index contributed by atoms with van der Waals surface area (Å²) in [5.74, 6) is 0.805. The van der Waals surface area contributed by atoms with Crippen LogP contribution >= 0.6 is 22.7 Å². The third-order valence-corrected chi connectivity index (χ3v) is 5.78. The van der Waals surface area contributed by atoms with Gasteiger partial charge in [0.25, 0.3) is 0 Å². The molecule has 0 amide bonds. The van der Waals surface area contributed by atoms with Gasteiger partial charge in [0.2, 0.25) is 11.8 Å². The zero-order valence-electron chi connectivity index (χ0n) is 17.7. The normalized spacial score (nSPS) is 19.2. The number of thiophene rings is 2. The molecule has 0 saturated carbocycles. The molecule has 0 N–H and O–H groups in total. The van der Waals surface area contributed by atoms with Crippen LogP contribution in [0.1, 0.15) is 37.4 Å². The first-order chi connectivity index (χ1) is 14.1. The van der Waals surface area contributed by atoms with E-state index in [2.05, 4.69) is 9.98 Å². The van der Waals surface area contributed by atoms with E-state index in [0.717, 1.165) is 0 Å². The van der Waals surface area contributed by atoms with Gasteiger partial charge in [-0.1, -0.05) is 23.7 Å². The van der Waals surface area contributed by atoms with Crippen LogP contribution < -0.4 is 10.2 Å². The molecule has 31 heavy (non-hydrogen) atoms. The van der Waals surface area contributed by atoms with Gasteiger partial charge >= 0.3 is 16.5 Å². The van der Waals surface area contributed by atoms with Crippen LogP contribution in [-0.2, 0) is 26.0 Å². The smallest absolute Gasteiger partial charge is 0.871 e. The monoisotopic (exact) mass is 502 g/mol. The predicted octanol–water partition coefficient (Wildman–Crippen LogP) is 3.31. The molecule has 2 aliphatic heterocycles.